The molecule has 1 aliphatic carbocycles. The van der Waals surface area contributed by atoms with Crippen LogP contribution in [0, 0.1) is 11.3 Å². The highest BCUT2D eigenvalue weighted by Crippen LogP contribution is 2.27. The van der Waals surface area contributed by atoms with Gasteiger partial charge in [0.25, 0.3) is 0 Å². The number of aliphatic carboxylic acids is 1. The van der Waals surface area contributed by atoms with E-state index in [-0.39, 0.29) is 18.4 Å². The van der Waals surface area contributed by atoms with E-state index in [4.69, 9.17) is 5.11 Å². The first-order valence-electron chi connectivity index (χ1n) is 6.89. The van der Waals surface area contributed by atoms with Crippen molar-refractivity contribution in [2.45, 2.75) is 65.3 Å². The van der Waals surface area contributed by atoms with Crippen LogP contribution in [0.4, 0.5) is 0 Å². The second kappa shape index (κ2) is 6.21. The molecule has 2 atom stereocenters. The Bertz CT molecular complexity index is 312. The quantitative estimate of drug-likeness (QED) is 0.793. The molecular formula is C14H25NO3. The van der Waals surface area contributed by atoms with Crippen LogP contribution in [-0.2, 0) is 9.59 Å². The molecule has 0 radical (unpaired) electrons. The van der Waals surface area contributed by atoms with E-state index in [0.29, 0.717) is 5.92 Å². The summed E-state index contributed by atoms with van der Waals surface area (Å²) < 4.78 is 0. The molecular weight excluding hydrogens is 230 g/mol. The molecule has 1 rings (SSSR count). The summed E-state index contributed by atoms with van der Waals surface area (Å²) in [5.41, 5.74) is -0.986. The number of hydrogen-bond acceptors (Lipinski definition) is 2. The standard InChI is InChI=1S/C14H25NO3/c1-4-10-7-5-6-8-11(10)15-12(16)9-14(2,3)13(17)18/h10-11H,4-9H2,1-3H3,(H,15,16)(H,17,18). The zero-order valence-corrected chi connectivity index (χ0v) is 11.7. The number of carboxylic acids is 1. The first-order chi connectivity index (χ1) is 8.36. The highest BCUT2D eigenvalue weighted by molar-refractivity contribution is 5.84. The fourth-order valence-corrected chi connectivity index (χ4v) is 2.62. The Labute approximate surface area is 109 Å². The third-order valence-corrected chi connectivity index (χ3v) is 3.96. The number of amides is 1. The van der Waals surface area contributed by atoms with Crippen molar-refractivity contribution in [1.82, 2.24) is 5.32 Å². The molecule has 2 unspecified atom stereocenters. The maximum atomic E-state index is 11.9. The van der Waals surface area contributed by atoms with E-state index in [1.165, 1.54) is 12.8 Å². The van der Waals surface area contributed by atoms with Crippen molar-refractivity contribution in [3.8, 4) is 0 Å². The van der Waals surface area contributed by atoms with Gasteiger partial charge in [-0.1, -0.05) is 26.2 Å². The van der Waals surface area contributed by atoms with Crippen molar-refractivity contribution >= 4 is 11.9 Å². The first-order valence-corrected chi connectivity index (χ1v) is 6.89. The minimum absolute atomic E-state index is 0.0509. The SMILES string of the molecule is CCC1CCCCC1NC(=O)CC(C)(C)C(=O)O. The van der Waals surface area contributed by atoms with Gasteiger partial charge in [-0.05, 0) is 32.6 Å². The number of carbonyl (C=O) groups is 2. The average molecular weight is 255 g/mol. The van der Waals surface area contributed by atoms with Gasteiger partial charge in [0, 0.05) is 12.5 Å². The minimum Gasteiger partial charge on any atom is -0.481 e. The van der Waals surface area contributed by atoms with Gasteiger partial charge in [-0.15, -0.1) is 0 Å². The second-order valence-corrected chi connectivity index (χ2v) is 5.99. The average Bonchev–Trinajstić information content (AvgIpc) is 2.28. The number of carbonyl (C=O) groups excluding carboxylic acids is 1. The topological polar surface area (TPSA) is 66.4 Å². The van der Waals surface area contributed by atoms with Crippen molar-refractivity contribution in [1.29, 1.82) is 0 Å². The van der Waals surface area contributed by atoms with Gasteiger partial charge in [0.2, 0.25) is 5.91 Å². The second-order valence-electron chi connectivity index (χ2n) is 5.99. The summed E-state index contributed by atoms with van der Waals surface area (Å²) in [6.45, 7) is 5.33. The van der Waals surface area contributed by atoms with Gasteiger partial charge in [-0.2, -0.15) is 0 Å². The smallest absolute Gasteiger partial charge is 0.309 e. The molecule has 0 aromatic carbocycles. The summed E-state index contributed by atoms with van der Waals surface area (Å²) in [7, 11) is 0. The summed E-state index contributed by atoms with van der Waals surface area (Å²) in [5.74, 6) is -0.503. The van der Waals surface area contributed by atoms with Crippen LogP contribution in [0.15, 0.2) is 0 Å². The van der Waals surface area contributed by atoms with Crippen LogP contribution in [0.3, 0.4) is 0 Å². The van der Waals surface area contributed by atoms with Crippen molar-refractivity contribution in [3.05, 3.63) is 0 Å². The molecule has 1 fully saturated rings. The lowest BCUT2D eigenvalue weighted by molar-refractivity contribution is -0.149. The van der Waals surface area contributed by atoms with Crippen LogP contribution in [-0.4, -0.2) is 23.0 Å². The van der Waals surface area contributed by atoms with Crippen molar-refractivity contribution in [2.75, 3.05) is 0 Å². The summed E-state index contributed by atoms with van der Waals surface area (Å²) >= 11 is 0. The third kappa shape index (κ3) is 4.00. The molecule has 0 aromatic rings. The van der Waals surface area contributed by atoms with Gasteiger partial charge in [-0.25, -0.2) is 0 Å². The van der Waals surface area contributed by atoms with Gasteiger partial charge in [-0.3, -0.25) is 9.59 Å². The Hall–Kier alpha value is -1.06. The normalized spacial score (nSPS) is 24.6. The van der Waals surface area contributed by atoms with Gasteiger partial charge in [0.15, 0.2) is 0 Å². The fourth-order valence-electron chi connectivity index (χ4n) is 2.62. The molecule has 0 saturated heterocycles. The Morgan fingerprint density at radius 3 is 2.44 bits per heavy atom. The number of nitrogens with one attached hydrogen (secondary N) is 1. The fraction of sp³-hybridized carbons (Fsp3) is 0.857. The summed E-state index contributed by atoms with van der Waals surface area (Å²) in [6.07, 6.45) is 5.72. The van der Waals surface area contributed by atoms with Gasteiger partial charge in [0.05, 0.1) is 5.41 Å². The molecule has 0 aliphatic heterocycles. The predicted octanol–water partition coefficient (Wildman–Crippen LogP) is 2.57. The lowest BCUT2D eigenvalue weighted by atomic mass is 9.82. The lowest BCUT2D eigenvalue weighted by Gasteiger charge is -2.32. The molecule has 104 valence electrons. The van der Waals surface area contributed by atoms with E-state index in [2.05, 4.69) is 12.2 Å². The molecule has 18 heavy (non-hydrogen) atoms. The molecule has 4 heteroatoms. The van der Waals surface area contributed by atoms with Crippen LogP contribution in [0.2, 0.25) is 0 Å². The Morgan fingerprint density at radius 1 is 1.28 bits per heavy atom. The highest BCUT2D eigenvalue weighted by atomic mass is 16.4. The third-order valence-electron chi connectivity index (χ3n) is 3.96. The minimum atomic E-state index is -0.986. The summed E-state index contributed by atoms with van der Waals surface area (Å²) in [6, 6.07) is 0.237. The van der Waals surface area contributed by atoms with Crippen molar-refractivity contribution < 1.29 is 14.7 Å². The number of hydrogen-bond donors (Lipinski definition) is 2. The largest absolute Gasteiger partial charge is 0.481 e. The van der Waals surface area contributed by atoms with E-state index in [0.717, 1.165) is 19.3 Å². The van der Waals surface area contributed by atoms with E-state index in [1.54, 1.807) is 13.8 Å². The Kier molecular flexibility index (Phi) is 5.17. The van der Waals surface area contributed by atoms with Crippen LogP contribution in [0.1, 0.15) is 59.3 Å². The van der Waals surface area contributed by atoms with Crippen LogP contribution in [0.25, 0.3) is 0 Å². The van der Waals surface area contributed by atoms with Gasteiger partial charge in [0.1, 0.15) is 0 Å². The van der Waals surface area contributed by atoms with Gasteiger partial charge >= 0.3 is 5.97 Å². The lowest BCUT2D eigenvalue weighted by Crippen LogP contribution is -2.44. The van der Waals surface area contributed by atoms with Crippen molar-refractivity contribution in [3.63, 3.8) is 0 Å². The number of carboxylic acid groups (broad SMARTS) is 1. The van der Waals surface area contributed by atoms with E-state index in [1.807, 2.05) is 0 Å². The molecule has 4 nitrogen and oxygen atoms in total. The molecule has 0 spiro atoms. The zero-order valence-electron chi connectivity index (χ0n) is 11.7. The van der Waals surface area contributed by atoms with Gasteiger partial charge < -0.3 is 10.4 Å². The zero-order chi connectivity index (χ0) is 13.8. The predicted molar refractivity (Wildman–Crippen MR) is 70.2 cm³/mol. The van der Waals surface area contributed by atoms with Crippen molar-refractivity contribution in [2.24, 2.45) is 11.3 Å². The maximum absolute atomic E-state index is 11.9. The molecule has 1 amide bonds. The molecule has 0 heterocycles. The molecule has 1 saturated carbocycles. The molecule has 2 N–H and O–H groups in total. The number of rotatable bonds is 5. The maximum Gasteiger partial charge on any atom is 0.309 e. The molecule has 1 aliphatic rings. The summed E-state index contributed by atoms with van der Waals surface area (Å²) in [4.78, 5) is 22.9. The molecule has 0 aromatic heterocycles. The Balaban J connectivity index is 2.51. The van der Waals surface area contributed by atoms with Crippen LogP contribution >= 0.6 is 0 Å². The molecule has 0 bridgehead atoms. The summed E-state index contributed by atoms with van der Waals surface area (Å²) in [5, 5.41) is 12.0. The van der Waals surface area contributed by atoms with E-state index in [9.17, 15) is 9.59 Å². The highest BCUT2D eigenvalue weighted by Gasteiger charge is 2.32. The van der Waals surface area contributed by atoms with E-state index >= 15 is 0 Å². The van der Waals surface area contributed by atoms with Crippen LogP contribution < -0.4 is 5.32 Å². The van der Waals surface area contributed by atoms with E-state index < -0.39 is 11.4 Å². The van der Waals surface area contributed by atoms with Crippen LogP contribution in [0.5, 0.6) is 0 Å². The first kappa shape index (κ1) is 15.0. The Morgan fingerprint density at radius 2 is 1.89 bits per heavy atom. The monoisotopic (exact) mass is 255 g/mol.